The Labute approximate surface area is 166 Å². The van der Waals surface area contributed by atoms with E-state index in [0.717, 1.165) is 50.6 Å². The van der Waals surface area contributed by atoms with Gasteiger partial charge in [-0.2, -0.15) is 0 Å². The largest absolute Gasteiger partial charge is 0.489 e. The van der Waals surface area contributed by atoms with Crippen LogP contribution in [0.25, 0.3) is 0 Å². The molecule has 6 nitrogen and oxygen atoms in total. The predicted octanol–water partition coefficient (Wildman–Crippen LogP) is 2.48. The number of nitrogens with zero attached hydrogens (tertiary/aromatic N) is 3. The average Bonchev–Trinajstić information content (AvgIpc) is 2.99. The molecule has 0 spiro atoms. The van der Waals surface area contributed by atoms with Gasteiger partial charge in [-0.15, -0.1) is 0 Å². The number of anilines is 1. The number of likely N-dealkylation sites (tertiary alicyclic amines) is 1. The molecule has 2 saturated heterocycles. The summed E-state index contributed by atoms with van der Waals surface area (Å²) in [6, 6.07) is 13.8. The number of carbonyl (C=O) groups excluding carboxylic acids is 1. The van der Waals surface area contributed by atoms with Crippen molar-refractivity contribution in [3.05, 3.63) is 53.7 Å². The molecule has 1 amide bonds. The van der Waals surface area contributed by atoms with Crippen LogP contribution >= 0.6 is 0 Å². The number of rotatable bonds is 4. The molecule has 2 fully saturated rings. The monoisotopic (exact) mass is 380 g/mol. The summed E-state index contributed by atoms with van der Waals surface area (Å²) in [5.74, 6) is 1.75. The molecule has 1 N–H and O–H groups in total. The van der Waals surface area contributed by atoms with Gasteiger partial charge in [-0.25, -0.2) is 4.98 Å². The maximum absolute atomic E-state index is 13.0. The van der Waals surface area contributed by atoms with Gasteiger partial charge in [0, 0.05) is 32.6 Å². The predicted molar refractivity (Wildman–Crippen MR) is 110 cm³/mol. The molecule has 1 unspecified atom stereocenters. The van der Waals surface area contributed by atoms with Gasteiger partial charge in [0.1, 0.15) is 23.4 Å². The number of hydrogen-bond donors (Lipinski definition) is 1. The number of amides is 1. The van der Waals surface area contributed by atoms with Gasteiger partial charge < -0.3 is 19.9 Å². The van der Waals surface area contributed by atoms with Crippen molar-refractivity contribution < 1.29 is 9.53 Å². The molecule has 2 aromatic rings. The first-order valence-corrected chi connectivity index (χ1v) is 10.1. The van der Waals surface area contributed by atoms with E-state index < -0.39 is 0 Å². The molecule has 1 atom stereocenters. The molecular formula is C22H28N4O2. The van der Waals surface area contributed by atoms with E-state index in [1.807, 2.05) is 41.3 Å². The molecule has 148 valence electrons. The molecule has 4 rings (SSSR count). The van der Waals surface area contributed by atoms with Crippen LogP contribution in [0.1, 0.15) is 28.9 Å². The van der Waals surface area contributed by atoms with Crippen LogP contribution in [0.15, 0.2) is 42.5 Å². The highest BCUT2D eigenvalue weighted by Crippen LogP contribution is 2.21. The standard InChI is InChI=1S/C22H28N4O2/c1-17-5-2-6-18(15-17)28-19-9-13-26(16-19)22(27)20-7-3-8-21(24-20)25-12-4-10-23-11-14-25/h2-3,5-8,15,19,23H,4,9-14,16H2,1H3. The zero-order chi connectivity index (χ0) is 19.3. The quantitative estimate of drug-likeness (QED) is 0.883. The number of benzene rings is 1. The van der Waals surface area contributed by atoms with Gasteiger partial charge in [0.15, 0.2) is 0 Å². The van der Waals surface area contributed by atoms with Crippen LogP contribution in [0.2, 0.25) is 0 Å². The summed E-state index contributed by atoms with van der Waals surface area (Å²) in [6.07, 6.45) is 1.96. The lowest BCUT2D eigenvalue weighted by Crippen LogP contribution is -2.32. The summed E-state index contributed by atoms with van der Waals surface area (Å²) < 4.78 is 6.08. The molecule has 6 heteroatoms. The van der Waals surface area contributed by atoms with Gasteiger partial charge in [-0.3, -0.25) is 4.79 Å². The lowest BCUT2D eigenvalue weighted by molar-refractivity contribution is 0.0766. The summed E-state index contributed by atoms with van der Waals surface area (Å²) >= 11 is 0. The Morgan fingerprint density at radius 2 is 2.04 bits per heavy atom. The van der Waals surface area contributed by atoms with E-state index >= 15 is 0 Å². The smallest absolute Gasteiger partial charge is 0.272 e. The fourth-order valence-electron chi connectivity index (χ4n) is 3.85. The normalized spacial score (nSPS) is 20.1. The molecule has 0 bridgehead atoms. The molecule has 1 aromatic carbocycles. The van der Waals surface area contributed by atoms with Crippen LogP contribution in [0.4, 0.5) is 5.82 Å². The summed E-state index contributed by atoms with van der Waals surface area (Å²) in [5, 5.41) is 3.40. The van der Waals surface area contributed by atoms with Gasteiger partial charge in [0.25, 0.3) is 5.91 Å². The Morgan fingerprint density at radius 1 is 1.14 bits per heavy atom. The molecule has 28 heavy (non-hydrogen) atoms. The lowest BCUT2D eigenvalue weighted by Gasteiger charge is -2.22. The Balaban J connectivity index is 1.40. The molecule has 1 aromatic heterocycles. The minimum absolute atomic E-state index is 0.00913. The second-order valence-electron chi connectivity index (χ2n) is 7.57. The van der Waals surface area contributed by atoms with E-state index in [-0.39, 0.29) is 12.0 Å². The SMILES string of the molecule is Cc1cccc(OC2CCN(C(=O)c3cccc(N4CCCNCC4)n3)C2)c1. The second kappa shape index (κ2) is 8.61. The number of nitrogens with one attached hydrogen (secondary N) is 1. The molecule has 2 aliphatic heterocycles. The van der Waals surface area contributed by atoms with Gasteiger partial charge in [0.05, 0.1) is 6.54 Å². The highest BCUT2D eigenvalue weighted by Gasteiger charge is 2.29. The second-order valence-corrected chi connectivity index (χ2v) is 7.57. The maximum atomic E-state index is 13.0. The first-order valence-electron chi connectivity index (χ1n) is 10.1. The van der Waals surface area contributed by atoms with Crippen molar-refractivity contribution in [2.45, 2.75) is 25.9 Å². The van der Waals surface area contributed by atoms with E-state index in [0.29, 0.717) is 18.8 Å². The van der Waals surface area contributed by atoms with Crippen molar-refractivity contribution in [1.82, 2.24) is 15.2 Å². The number of aryl methyl sites for hydroxylation is 1. The fourth-order valence-corrected chi connectivity index (χ4v) is 3.85. The number of aromatic nitrogens is 1. The van der Waals surface area contributed by atoms with Crippen LogP contribution in [0, 0.1) is 6.92 Å². The summed E-state index contributed by atoms with van der Waals surface area (Å²) in [4.78, 5) is 21.8. The highest BCUT2D eigenvalue weighted by atomic mass is 16.5. The first-order chi connectivity index (χ1) is 13.7. The summed E-state index contributed by atoms with van der Waals surface area (Å²) in [7, 11) is 0. The highest BCUT2D eigenvalue weighted by molar-refractivity contribution is 5.93. The van der Waals surface area contributed by atoms with Crippen LogP contribution in [-0.2, 0) is 0 Å². The van der Waals surface area contributed by atoms with Crippen LogP contribution < -0.4 is 15.0 Å². The first kappa shape index (κ1) is 18.7. The van der Waals surface area contributed by atoms with E-state index in [4.69, 9.17) is 4.74 Å². The van der Waals surface area contributed by atoms with Crippen LogP contribution in [0.3, 0.4) is 0 Å². The Bertz CT molecular complexity index is 818. The molecule has 0 saturated carbocycles. The van der Waals surface area contributed by atoms with Crippen LogP contribution in [0.5, 0.6) is 5.75 Å². The third-order valence-electron chi connectivity index (χ3n) is 5.34. The average molecular weight is 380 g/mol. The van der Waals surface area contributed by atoms with Crippen molar-refractivity contribution in [2.75, 3.05) is 44.2 Å². The van der Waals surface area contributed by atoms with Crippen molar-refractivity contribution in [1.29, 1.82) is 0 Å². The van der Waals surface area contributed by atoms with E-state index in [1.54, 1.807) is 0 Å². The minimum Gasteiger partial charge on any atom is -0.489 e. The summed E-state index contributed by atoms with van der Waals surface area (Å²) in [5.41, 5.74) is 1.69. The molecular weight excluding hydrogens is 352 g/mol. The fraction of sp³-hybridized carbons (Fsp3) is 0.455. The van der Waals surface area contributed by atoms with Crippen LogP contribution in [-0.4, -0.2) is 61.2 Å². The van der Waals surface area contributed by atoms with Crippen molar-refractivity contribution in [3.63, 3.8) is 0 Å². The molecule has 3 heterocycles. The van der Waals surface area contributed by atoms with Gasteiger partial charge in [0.2, 0.25) is 0 Å². The lowest BCUT2D eigenvalue weighted by atomic mass is 10.2. The van der Waals surface area contributed by atoms with E-state index in [1.165, 1.54) is 5.56 Å². The van der Waals surface area contributed by atoms with Gasteiger partial charge in [-0.05, 0) is 49.7 Å². The van der Waals surface area contributed by atoms with Crippen molar-refractivity contribution >= 4 is 11.7 Å². The third kappa shape index (κ3) is 4.44. The third-order valence-corrected chi connectivity index (χ3v) is 5.34. The minimum atomic E-state index is -0.00913. The molecule has 2 aliphatic rings. The number of pyridine rings is 1. The summed E-state index contributed by atoms with van der Waals surface area (Å²) in [6.45, 7) is 7.22. The topological polar surface area (TPSA) is 57.7 Å². The van der Waals surface area contributed by atoms with E-state index in [2.05, 4.69) is 28.2 Å². The molecule has 0 aliphatic carbocycles. The number of carbonyl (C=O) groups is 1. The number of ether oxygens (including phenoxy) is 1. The van der Waals surface area contributed by atoms with E-state index in [9.17, 15) is 4.79 Å². The Hall–Kier alpha value is -2.60. The maximum Gasteiger partial charge on any atom is 0.272 e. The van der Waals surface area contributed by atoms with Crippen molar-refractivity contribution in [2.24, 2.45) is 0 Å². The zero-order valence-electron chi connectivity index (χ0n) is 16.4. The Kier molecular flexibility index (Phi) is 5.76. The molecule has 0 radical (unpaired) electrons. The van der Waals surface area contributed by atoms with Gasteiger partial charge in [-0.1, -0.05) is 18.2 Å². The van der Waals surface area contributed by atoms with Gasteiger partial charge >= 0.3 is 0 Å². The van der Waals surface area contributed by atoms with Crippen molar-refractivity contribution in [3.8, 4) is 5.75 Å². The zero-order valence-corrected chi connectivity index (χ0v) is 16.4. The number of hydrogen-bond acceptors (Lipinski definition) is 5. The Morgan fingerprint density at radius 3 is 2.93 bits per heavy atom.